The predicted molar refractivity (Wildman–Crippen MR) is 114 cm³/mol. The van der Waals surface area contributed by atoms with Crippen LogP contribution in [0.15, 0.2) is 23.0 Å². The van der Waals surface area contributed by atoms with E-state index in [2.05, 4.69) is 49.3 Å². The molecule has 2 aromatic rings. The molecule has 0 fully saturated rings. The Morgan fingerprint density at radius 2 is 1.63 bits per heavy atom. The van der Waals surface area contributed by atoms with Crippen LogP contribution in [-0.2, 0) is 12.8 Å². The third-order valence-electron chi connectivity index (χ3n) is 5.05. The van der Waals surface area contributed by atoms with Crippen molar-refractivity contribution in [1.82, 2.24) is 4.98 Å². The second-order valence-corrected chi connectivity index (χ2v) is 7.50. The molecule has 0 unspecified atom stereocenters. The molecule has 0 spiro atoms. The Hall–Kier alpha value is -2.07. The lowest BCUT2D eigenvalue weighted by atomic mass is 9.94. The number of aryl methyl sites for hydroxylation is 3. The number of unbranched alkanes of at least 4 members (excludes halogenated alkanes) is 3. The highest BCUT2D eigenvalue weighted by molar-refractivity contribution is 5.56. The summed E-state index contributed by atoms with van der Waals surface area (Å²) in [4.78, 5) is 15.7. The summed E-state index contributed by atoms with van der Waals surface area (Å²) in [7, 11) is 0. The van der Waals surface area contributed by atoms with Crippen LogP contribution in [0.2, 0.25) is 0 Å². The van der Waals surface area contributed by atoms with Crippen LogP contribution < -0.4 is 10.9 Å². The molecule has 27 heavy (non-hydrogen) atoms. The Labute approximate surface area is 163 Å². The number of hydrogen-bond acceptors (Lipinski definition) is 3. The molecule has 3 N–H and O–H groups in total. The van der Waals surface area contributed by atoms with Gasteiger partial charge in [-0.3, -0.25) is 4.79 Å². The minimum absolute atomic E-state index is 0.0283. The lowest BCUT2D eigenvalue weighted by Gasteiger charge is -2.18. The quantitative estimate of drug-likeness (QED) is 0.543. The Morgan fingerprint density at radius 1 is 0.963 bits per heavy atom. The van der Waals surface area contributed by atoms with Crippen molar-refractivity contribution in [3.63, 3.8) is 0 Å². The number of anilines is 1. The van der Waals surface area contributed by atoms with Crippen molar-refractivity contribution in [2.24, 2.45) is 0 Å². The van der Waals surface area contributed by atoms with E-state index < -0.39 is 0 Å². The second-order valence-electron chi connectivity index (χ2n) is 7.50. The maximum Gasteiger partial charge on any atom is 0.271 e. The number of hydrogen-bond donors (Lipinski definition) is 3. The van der Waals surface area contributed by atoms with Gasteiger partial charge in [-0.05, 0) is 56.7 Å². The third kappa shape index (κ3) is 5.96. The predicted octanol–water partition coefficient (Wildman–Crippen LogP) is 4.42. The van der Waals surface area contributed by atoms with Gasteiger partial charge in [-0.2, -0.15) is 0 Å². The smallest absolute Gasteiger partial charge is 0.271 e. The molecular weight excluding hydrogens is 336 g/mol. The molecular formula is C23H34N2O2. The van der Waals surface area contributed by atoms with Gasteiger partial charge in [0.15, 0.2) is 0 Å². The van der Waals surface area contributed by atoms with Gasteiger partial charge in [-0.1, -0.05) is 49.1 Å². The van der Waals surface area contributed by atoms with Crippen molar-refractivity contribution in [1.29, 1.82) is 0 Å². The lowest BCUT2D eigenvalue weighted by molar-refractivity contribution is 0.283. The van der Waals surface area contributed by atoms with Gasteiger partial charge in [0.25, 0.3) is 5.56 Å². The zero-order valence-corrected chi connectivity index (χ0v) is 17.2. The van der Waals surface area contributed by atoms with E-state index in [9.17, 15) is 4.79 Å². The second kappa shape index (κ2) is 10.3. The molecule has 0 saturated carbocycles. The minimum atomic E-state index is -0.0283. The van der Waals surface area contributed by atoms with Crippen molar-refractivity contribution in [2.75, 3.05) is 18.5 Å². The first kappa shape index (κ1) is 21.2. The molecule has 4 heteroatoms. The van der Waals surface area contributed by atoms with E-state index in [1.54, 1.807) is 0 Å². The number of aliphatic hydroxyl groups excluding tert-OH is 1. The van der Waals surface area contributed by atoms with E-state index >= 15 is 0 Å². The van der Waals surface area contributed by atoms with Crippen molar-refractivity contribution >= 4 is 5.69 Å². The van der Waals surface area contributed by atoms with Crippen LogP contribution in [0.25, 0.3) is 0 Å². The van der Waals surface area contributed by atoms with Gasteiger partial charge in [-0.25, -0.2) is 0 Å². The van der Waals surface area contributed by atoms with Crippen LogP contribution in [0.5, 0.6) is 0 Å². The fourth-order valence-electron chi connectivity index (χ4n) is 3.86. The van der Waals surface area contributed by atoms with Crippen LogP contribution in [-0.4, -0.2) is 23.2 Å². The largest absolute Gasteiger partial charge is 0.396 e. The lowest BCUT2D eigenvalue weighted by Crippen LogP contribution is -2.21. The third-order valence-corrected chi connectivity index (χ3v) is 5.05. The summed E-state index contributed by atoms with van der Waals surface area (Å²) in [6.45, 7) is 9.40. The summed E-state index contributed by atoms with van der Waals surface area (Å²) in [5, 5.41) is 12.3. The van der Waals surface area contributed by atoms with Gasteiger partial charge in [0.1, 0.15) is 5.69 Å². The number of H-pyrrole nitrogens is 1. The Kier molecular flexibility index (Phi) is 8.11. The summed E-state index contributed by atoms with van der Waals surface area (Å²) >= 11 is 0. The molecule has 0 radical (unpaired) electrons. The molecule has 1 aromatic carbocycles. The molecule has 148 valence electrons. The molecule has 0 saturated heterocycles. The van der Waals surface area contributed by atoms with Crippen molar-refractivity contribution in [2.45, 2.75) is 66.2 Å². The molecule has 1 heterocycles. The summed E-state index contributed by atoms with van der Waals surface area (Å²) in [6, 6.07) is 6.60. The number of pyridine rings is 1. The first-order chi connectivity index (χ1) is 13.0. The van der Waals surface area contributed by atoms with E-state index in [-0.39, 0.29) is 12.2 Å². The highest BCUT2D eigenvalue weighted by Crippen LogP contribution is 2.24. The fourth-order valence-corrected chi connectivity index (χ4v) is 3.86. The molecule has 0 bridgehead atoms. The molecule has 0 aliphatic carbocycles. The van der Waals surface area contributed by atoms with Crippen molar-refractivity contribution < 1.29 is 5.11 Å². The van der Waals surface area contributed by atoms with Gasteiger partial charge < -0.3 is 15.4 Å². The summed E-state index contributed by atoms with van der Waals surface area (Å²) in [6.07, 6.45) is 5.60. The van der Waals surface area contributed by atoms with E-state index in [4.69, 9.17) is 5.11 Å². The van der Waals surface area contributed by atoms with E-state index in [0.717, 1.165) is 62.0 Å². The summed E-state index contributed by atoms with van der Waals surface area (Å²) < 4.78 is 0. The molecule has 0 aliphatic heterocycles. The SMILES string of the molecule is CCc1c(C)[nH]c(=O)c(NCCCCCCO)c1Cc1cc(C)cc(C)c1. The highest BCUT2D eigenvalue weighted by atomic mass is 16.2. The topological polar surface area (TPSA) is 65.1 Å². The normalized spacial score (nSPS) is 11.0. The summed E-state index contributed by atoms with van der Waals surface area (Å²) in [5.41, 5.74) is 7.77. The maximum absolute atomic E-state index is 12.7. The molecule has 1 aromatic heterocycles. The van der Waals surface area contributed by atoms with E-state index in [0.29, 0.717) is 0 Å². The summed E-state index contributed by atoms with van der Waals surface area (Å²) in [5.74, 6) is 0. The highest BCUT2D eigenvalue weighted by Gasteiger charge is 2.15. The van der Waals surface area contributed by atoms with E-state index in [1.165, 1.54) is 22.3 Å². The fraction of sp³-hybridized carbons (Fsp3) is 0.522. The molecule has 0 amide bonds. The monoisotopic (exact) mass is 370 g/mol. The average molecular weight is 371 g/mol. The number of rotatable bonds is 10. The first-order valence-electron chi connectivity index (χ1n) is 10.1. The van der Waals surface area contributed by atoms with Gasteiger partial charge in [0.05, 0.1) is 0 Å². The standard InChI is InChI=1S/C23H34N2O2/c1-5-20-18(4)25-23(27)22(24-10-8-6-7-9-11-26)21(20)15-19-13-16(2)12-17(3)14-19/h12-14,24,26H,5-11,15H2,1-4H3,(H,25,27). The van der Waals surface area contributed by atoms with Gasteiger partial charge in [-0.15, -0.1) is 0 Å². The van der Waals surface area contributed by atoms with Crippen LogP contribution in [0.3, 0.4) is 0 Å². The molecule has 2 rings (SSSR count). The zero-order valence-electron chi connectivity index (χ0n) is 17.2. The number of aromatic amines is 1. The van der Waals surface area contributed by atoms with Gasteiger partial charge in [0, 0.05) is 25.3 Å². The average Bonchev–Trinajstić information content (AvgIpc) is 2.59. The van der Waals surface area contributed by atoms with Crippen molar-refractivity contribution in [3.05, 3.63) is 62.1 Å². The molecule has 0 aliphatic rings. The minimum Gasteiger partial charge on any atom is -0.396 e. The van der Waals surface area contributed by atoms with Crippen molar-refractivity contribution in [3.8, 4) is 0 Å². The first-order valence-corrected chi connectivity index (χ1v) is 10.1. The molecule has 0 atom stereocenters. The van der Waals surface area contributed by atoms with Gasteiger partial charge in [0.2, 0.25) is 0 Å². The van der Waals surface area contributed by atoms with Crippen LogP contribution in [0, 0.1) is 20.8 Å². The Bertz CT molecular complexity index is 789. The van der Waals surface area contributed by atoms with Gasteiger partial charge >= 0.3 is 0 Å². The number of benzene rings is 1. The van der Waals surface area contributed by atoms with Crippen LogP contribution >= 0.6 is 0 Å². The van der Waals surface area contributed by atoms with Crippen LogP contribution in [0.4, 0.5) is 5.69 Å². The Balaban J connectivity index is 2.28. The van der Waals surface area contributed by atoms with Crippen LogP contribution in [0.1, 0.15) is 66.1 Å². The maximum atomic E-state index is 12.7. The number of aromatic nitrogens is 1. The van der Waals surface area contributed by atoms with E-state index in [1.807, 2.05) is 6.92 Å². The Morgan fingerprint density at radius 3 is 2.26 bits per heavy atom. The number of nitrogens with one attached hydrogen (secondary N) is 2. The number of aliphatic hydroxyl groups is 1. The molecule has 4 nitrogen and oxygen atoms in total. The zero-order chi connectivity index (χ0) is 19.8.